The molecule has 0 rings (SSSR count). The molecule has 3 heteroatoms. The Bertz CT molecular complexity index is 152. The second-order valence-electron chi connectivity index (χ2n) is 2.65. The Morgan fingerprint density at radius 1 is 1.42 bits per heavy atom. The summed E-state index contributed by atoms with van der Waals surface area (Å²) in [5.74, 6) is -0.569. The van der Waals surface area contributed by atoms with Crippen molar-refractivity contribution in [1.82, 2.24) is 0 Å². The molecule has 69 valence electrons. The number of esters is 1. The van der Waals surface area contributed by atoms with Crippen molar-refractivity contribution in [2.45, 2.75) is 33.1 Å². The molecule has 0 fully saturated rings. The van der Waals surface area contributed by atoms with Gasteiger partial charge in [-0.15, -0.1) is 0 Å². The maximum atomic E-state index is 10.8. The summed E-state index contributed by atoms with van der Waals surface area (Å²) in [5, 5.41) is 0. The predicted octanol–water partition coefficient (Wildman–Crippen LogP) is 1.51. The molecule has 0 saturated carbocycles. The van der Waals surface area contributed by atoms with Crippen LogP contribution in [0.15, 0.2) is 0 Å². The normalized spacial score (nSPS) is 9.50. The minimum Gasteiger partial charge on any atom is -0.465 e. The summed E-state index contributed by atoms with van der Waals surface area (Å²) in [7, 11) is 0. The van der Waals surface area contributed by atoms with E-state index < -0.39 is 5.97 Å². The lowest BCUT2D eigenvalue weighted by Crippen LogP contribution is -2.09. The molecule has 0 aromatic rings. The number of carbonyl (C=O) groups is 2. The lowest BCUT2D eigenvalue weighted by Gasteiger charge is -2.01. The lowest BCUT2D eigenvalue weighted by atomic mass is 10.3. The molecule has 0 atom stereocenters. The molecule has 0 aromatic heterocycles. The average Bonchev–Trinajstić information content (AvgIpc) is 1.97. The number of ether oxygens (including phenoxy) is 1. The fraction of sp³-hybridized carbons (Fsp3) is 0.667. The Morgan fingerprint density at radius 3 is 2.58 bits per heavy atom. The van der Waals surface area contributed by atoms with Crippen LogP contribution in [0.4, 0.5) is 0 Å². The van der Waals surface area contributed by atoms with Gasteiger partial charge in [0.15, 0.2) is 0 Å². The van der Waals surface area contributed by atoms with Crippen molar-refractivity contribution in [1.29, 1.82) is 0 Å². The third kappa shape index (κ3) is 7.25. The van der Waals surface area contributed by atoms with E-state index in [-0.39, 0.29) is 12.2 Å². The molecule has 0 saturated heterocycles. The van der Waals surface area contributed by atoms with E-state index >= 15 is 0 Å². The molecule has 0 spiro atoms. The lowest BCUT2D eigenvalue weighted by molar-refractivity contribution is -0.145. The van der Waals surface area contributed by atoms with E-state index in [0.29, 0.717) is 6.61 Å². The molecule has 0 N–H and O–H groups in total. The third-order valence-electron chi connectivity index (χ3n) is 1.29. The van der Waals surface area contributed by atoms with E-state index in [2.05, 4.69) is 0 Å². The van der Waals surface area contributed by atoms with Crippen molar-refractivity contribution >= 4 is 11.8 Å². The first-order valence-electron chi connectivity index (χ1n) is 4.09. The van der Waals surface area contributed by atoms with Gasteiger partial charge in [-0.3, -0.25) is 9.59 Å². The van der Waals surface area contributed by atoms with Gasteiger partial charge in [0.2, 0.25) is 0 Å². The van der Waals surface area contributed by atoms with Gasteiger partial charge in [-0.1, -0.05) is 6.92 Å². The van der Waals surface area contributed by atoms with E-state index in [1.807, 2.05) is 13.3 Å². The molecular formula is C9H15O3. The largest absolute Gasteiger partial charge is 0.465 e. The van der Waals surface area contributed by atoms with Gasteiger partial charge in [0, 0.05) is 0 Å². The molecule has 0 aromatic carbocycles. The van der Waals surface area contributed by atoms with E-state index in [1.54, 1.807) is 0 Å². The van der Waals surface area contributed by atoms with Crippen LogP contribution < -0.4 is 0 Å². The van der Waals surface area contributed by atoms with Gasteiger partial charge in [-0.2, -0.15) is 0 Å². The zero-order chi connectivity index (χ0) is 9.40. The Kier molecular flexibility index (Phi) is 6.34. The number of carbonyl (C=O) groups excluding carboxylic acids is 2. The quantitative estimate of drug-likeness (QED) is 0.345. The highest BCUT2D eigenvalue weighted by atomic mass is 16.5. The molecule has 0 aliphatic heterocycles. The number of hydrogen-bond donors (Lipinski definition) is 0. The molecular weight excluding hydrogens is 156 g/mol. The van der Waals surface area contributed by atoms with Crippen molar-refractivity contribution in [2.75, 3.05) is 6.61 Å². The number of unbranched alkanes of at least 4 members (excludes halogenated alkanes) is 2. The summed E-state index contributed by atoms with van der Waals surface area (Å²) in [5.41, 5.74) is 0. The molecule has 0 heterocycles. The molecule has 0 bridgehead atoms. The van der Waals surface area contributed by atoms with E-state index in [9.17, 15) is 9.59 Å². The Balaban J connectivity index is 3.26. The van der Waals surface area contributed by atoms with E-state index in [1.165, 1.54) is 6.92 Å². The topological polar surface area (TPSA) is 43.4 Å². The second-order valence-corrected chi connectivity index (χ2v) is 2.65. The molecule has 1 radical (unpaired) electrons. The van der Waals surface area contributed by atoms with Gasteiger partial charge < -0.3 is 4.74 Å². The number of Topliss-reactive ketones (excluding diaryl/α,β-unsaturated/α-hetero) is 1. The van der Waals surface area contributed by atoms with Crippen LogP contribution in [0.2, 0.25) is 0 Å². The zero-order valence-electron chi connectivity index (χ0n) is 7.63. The minimum atomic E-state index is -0.418. The summed E-state index contributed by atoms with van der Waals surface area (Å²) < 4.78 is 4.78. The SMILES string of the molecule is C[CH]CCCOC(=O)CC(C)=O. The van der Waals surface area contributed by atoms with Gasteiger partial charge in [0.05, 0.1) is 6.61 Å². The first kappa shape index (κ1) is 11.1. The number of ketones is 1. The van der Waals surface area contributed by atoms with Crippen LogP contribution in [-0.2, 0) is 14.3 Å². The van der Waals surface area contributed by atoms with Crippen LogP contribution in [0.1, 0.15) is 33.1 Å². The number of hydrogen-bond acceptors (Lipinski definition) is 3. The van der Waals surface area contributed by atoms with Crippen LogP contribution in [0.5, 0.6) is 0 Å². The summed E-state index contributed by atoms with van der Waals surface area (Å²) in [4.78, 5) is 21.2. The molecule has 0 unspecified atom stereocenters. The van der Waals surface area contributed by atoms with Crippen molar-refractivity contribution < 1.29 is 14.3 Å². The zero-order valence-corrected chi connectivity index (χ0v) is 7.63. The first-order chi connectivity index (χ1) is 5.66. The fourth-order valence-corrected chi connectivity index (χ4v) is 0.728. The van der Waals surface area contributed by atoms with Crippen LogP contribution in [0.3, 0.4) is 0 Å². The molecule has 0 aliphatic rings. The van der Waals surface area contributed by atoms with Crippen LogP contribution in [0, 0.1) is 6.42 Å². The maximum Gasteiger partial charge on any atom is 0.313 e. The Morgan fingerprint density at radius 2 is 2.08 bits per heavy atom. The predicted molar refractivity (Wildman–Crippen MR) is 45.5 cm³/mol. The second kappa shape index (κ2) is 6.83. The van der Waals surface area contributed by atoms with Gasteiger partial charge in [0.1, 0.15) is 12.2 Å². The summed E-state index contributed by atoms with van der Waals surface area (Å²) in [6.07, 6.45) is 3.68. The van der Waals surface area contributed by atoms with Crippen molar-refractivity contribution in [3.8, 4) is 0 Å². The maximum absolute atomic E-state index is 10.8. The molecule has 0 aliphatic carbocycles. The third-order valence-corrected chi connectivity index (χ3v) is 1.29. The Hall–Kier alpha value is -0.860. The first-order valence-corrected chi connectivity index (χ1v) is 4.09. The minimum absolute atomic E-state index is 0.101. The Labute approximate surface area is 73.1 Å². The molecule has 0 amide bonds. The van der Waals surface area contributed by atoms with Gasteiger partial charge in [-0.25, -0.2) is 0 Å². The highest BCUT2D eigenvalue weighted by molar-refractivity contribution is 5.94. The average molecular weight is 171 g/mol. The van der Waals surface area contributed by atoms with E-state index in [4.69, 9.17) is 4.74 Å². The molecule has 12 heavy (non-hydrogen) atoms. The highest BCUT2D eigenvalue weighted by Gasteiger charge is 2.04. The highest BCUT2D eigenvalue weighted by Crippen LogP contribution is 1.95. The van der Waals surface area contributed by atoms with Crippen LogP contribution in [0.25, 0.3) is 0 Å². The molecule has 3 nitrogen and oxygen atoms in total. The van der Waals surface area contributed by atoms with E-state index in [0.717, 1.165) is 12.8 Å². The standard InChI is InChI=1S/C9H15O3/c1-3-4-5-6-12-9(11)7-8(2)10/h3H,4-7H2,1-2H3. The van der Waals surface area contributed by atoms with Crippen LogP contribution in [-0.4, -0.2) is 18.4 Å². The summed E-state index contributed by atoms with van der Waals surface area (Å²) in [6, 6.07) is 0. The monoisotopic (exact) mass is 171 g/mol. The fourth-order valence-electron chi connectivity index (χ4n) is 0.728. The van der Waals surface area contributed by atoms with Crippen molar-refractivity contribution in [3.63, 3.8) is 0 Å². The smallest absolute Gasteiger partial charge is 0.313 e. The van der Waals surface area contributed by atoms with Crippen molar-refractivity contribution in [2.24, 2.45) is 0 Å². The van der Waals surface area contributed by atoms with Gasteiger partial charge >= 0.3 is 5.97 Å². The summed E-state index contributed by atoms with van der Waals surface area (Å²) in [6.45, 7) is 3.74. The van der Waals surface area contributed by atoms with Crippen LogP contribution >= 0.6 is 0 Å². The van der Waals surface area contributed by atoms with Gasteiger partial charge in [0.25, 0.3) is 0 Å². The number of rotatable bonds is 6. The summed E-state index contributed by atoms with van der Waals surface area (Å²) >= 11 is 0. The van der Waals surface area contributed by atoms with Crippen molar-refractivity contribution in [3.05, 3.63) is 6.42 Å². The van der Waals surface area contributed by atoms with Gasteiger partial charge in [-0.05, 0) is 26.2 Å².